The van der Waals surface area contributed by atoms with Crippen molar-refractivity contribution < 1.29 is 9.53 Å². The van der Waals surface area contributed by atoms with Gasteiger partial charge in [-0.1, -0.05) is 13.3 Å². The smallest absolute Gasteiger partial charge is 0.325 e. The molecule has 0 radical (unpaired) electrons. The van der Waals surface area contributed by atoms with Crippen LogP contribution in [0.15, 0.2) is 0 Å². The maximum absolute atomic E-state index is 12.0. The van der Waals surface area contributed by atoms with Crippen LogP contribution in [0.3, 0.4) is 0 Å². The summed E-state index contributed by atoms with van der Waals surface area (Å²) in [5, 5.41) is 3.28. The average Bonchev–Trinajstić information content (AvgIpc) is 2.37. The fourth-order valence-corrected chi connectivity index (χ4v) is 3.15. The molecule has 1 heterocycles. The van der Waals surface area contributed by atoms with Crippen molar-refractivity contribution in [3.8, 4) is 0 Å². The molecule has 4 nitrogen and oxygen atoms in total. The van der Waals surface area contributed by atoms with E-state index in [-0.39, 0.29) is 5.97 Å². The molecule has 0 bridgehead atoms. The lowest BCUT2D eigenvalue weighted by Crippen LogP contribution is -2.54. The van der Waals surface area contributed by atoms with Gasteiger partial charge in [0.1, 0.15) is 5.54 Å². The van der Waals surface area contributed by atoms with Gasteiger partial charge >= 0.3 is 5.97 Å². The number of hydrogen-bond donors (Lipinski definition) is 1. The lowest BCUT2D eigenvalue weighted by atomic mass is 9.93. The molecule has 0 aromatic heterocycles. The van der Waals surface area contributed by atoms with Crippen LogP contribution in [0.4, 0.5) is 0 Å². The first-order valence-electron chi connectivity index (χ1n) is 7.53. The summed E-state index contributed by atoms with van der Waals surface area (Å²) < 4.78 is 4.94. The van der Waals surface area contributed by atoms with E-state index in [1.165, 1.54) is 26.4 Å². The first kappa shape index (κ1) is 16.4. The number of rotatable bonds is 6. The van der Waals surface area contributed by atoms with E-state index in [4.69, 9.17) is 4.74 Å². The molecule has 112 valence electrons. The summed E-state index contributed by atoms with van der Waals surface area (Å²) in [7, 11) is 1.46. The molecule has 1 aliphatic heterocycles. The summed E-state index contributed by atoms with van der Waals surface area (Å²) in [6.45, 7) is 10.3. The van der Waals surface area contributed by atoms with E-state index in [9.17, 15) is 4.79 Å². The van der Waals surface area contributed by atoms with Gasteiger partial charge in [-0.25, -0.2) is 0 Å². The Hall–Kier alpha value is -0.610. The van der Waals surface area contributed by atoms with Crippen LogP contribution in [0.25, 0.3) is 0 Å². The van der Waals surface area contributed by atoms with Gasteiger partial charge in [0.15, 0.2) is 0 Å². The number of carbonyl (C=O) groups excluding carboxylic acids is 1. The number of nitrogens with zero attached hydrogens (tertiary/aromatic N) is 1. The normalized spacial score (nSPS) is 27.8. The van der Waals surface area contributed by atoms with Gasteiger partial charge in [0.25, 0.3) is 0 Å². The topological polar surface area (TPSA) is 41.6 Å². The van der Waals surface area contributed by atoms with Crippen LogP contribution in [0.2, 0.25) is 0 Å². The number of piperidine rings is 1. The van der Waals surface area contributed by atoms with Gasteiger partial charge in [-0.3, -0.25) is 9.69 Å². The number of ether oxygens (including phenoxy) is 1. The van der Waals surface area contributed by atoms with Gasteiger partial charge in [-0.2, -0.15) is 0 Å². The highest BCUT2D eigenvalue weighted by molar-refractivity contribution is 5.80. The number of likely N-dealkylation sites (N-methyl/N-ethyl adjacent to an activating group) is 1. The molecule has 1 unspecified atom stereocenters. The Bertz CT molecular complexity index is 286. The molecule has 1 saturated heterocycles. The SMILES string of the molecule is CCNC(C)(CCN1[C@H](C)CCC[C@@H]1C)C(=O)OC. The zero-order chi connectivity index (χ0) is 14.5. The van der Waals surface area contributed by atoms with E-state index in [0.717, 1.165) is 19.5 Å². The van der Waals surface area contributed by atoms with E-state index in [1.807, 2.05) is 13.8 Å². The third-order valence-corrected chi connectivity index (χ3v) is 4.45. The highest BCUT2D eigenvalue weighted by atomic mass is 16.5. The van der Waals surface area contributed by atoms with Crippen LogP contribution in [0, 0.1) is 0 Å². The highest BCUT2D eigenvalue weighted by Gasteiger charge is 2.35. The van der Waals surface area contributed by atoms with Crippen LogP contribution in [-0.2, 0) is 9.53 Å². The molecular formula is C15H30N2O2. The second kappa shape index (κ2) is 7.25. The third kappa shape index (κ3) is 4.18. The summed E-state index contributed by atoms with van der Waals surface area (Å²) in [5.74, 6) is -0.160. The van der Waals surface area contributed by atoms with Crippen molar-refractivity contribution in [3.63, 3.8) is 0 Å². The number of carbonyl (C=O) groups is 1. The quantitative estimate of drug-likeness (QED) is 0.751. The van der Waals surface area contributed by atoms with Gasteiger partial charge in [0, 0.05) is 18.6 Å². The predicted molar refractivity (Wildman–Crippen MR) is 78.2 cm³/mol. The minimum atomic E-state index is -0.569. The second-order valence-corrected chi connectivity index (χ2v) is 5.97. The van der Waals surface area contributed by atoms with Gasteiger partial charge in [-0.15, -0.1) is 0 Å². The van der Waals surface area contributed by atoms with Gasteiger partial charge in [-0.05, 0) is 46.6 Å². The molecular weight excluding hydrogens is 240 g/mol. The molecule has 0 spiro atoms. The van der Waals surface area contributed by atoms with Gasteiger partial charge < -0.3 is 10.1 Å². The largest absolute Gasteiger partial charge is 0.468 e. The average molecular weight is 270 g/mol. The highest BCUT2D eigenvalue weighted by Crippen LogP contribution is 2.24. The summed E-state index contributed by atoms with van der Waals surface area (Å²) in [5.41, 5.74) is -0.569. The molecule has 1 N–H and O–H groups in total. The Morgan fingerprint density at radius 2 is 1.95 bits per heavy atom. The standard InChI is InChI=1S/C15H30N2O2/c1-6-16-15(4,14(18)19-5)10-11-17-12(2)8-7-9-13(17)3/h12-13,16H,6-11H2,1-5H3/t12-,13+,15?. The van der Waals surface area contributed by atoms with Crippen LogP contribution >= 0.6 is 0 Å². The molecule has 1 aliphatic rings. The molecule has 0 aromatic rings. The number of nitrogens with one attached hydrogen (secondary N) is 1. The minimum absolute atomic E-state index is 0.160. The molecule has 0 amide bonds. The number of esters is 1. The van der Waals surface area contributed by atoms with Gasteiger partial charge in [0.2, 0.25) is 0 Å². The Balaban J connectivity index is 2.62. The Labute approximate surface area is 117 Å². The fourth-order valence-electron chi connectivity index (χ4n) is 3.15. The Morgan fingerprint density at radius 1 is 1.37 bits per heavy atom. The number of likely N-dealkylation sites (tertiary alicyclic amines) is 1. The van der Waals surface area contributed by atoms with Crippen LogP contribution < -0.4 is 5.32 Å². The van der Waals surface area contributed by atoms with Crippen molar-refractivity contribution in [1.82, 2.24) is 10.2 Å². The lowest BCUT2D eigenvalue weighted by molar-refractivity contribution is -0.148. The molecule has 3 atom stereocenters. The zero-order valence-electron chi connectivity index (χ0n) is 13.2. The van der Waals surface area contributed by atoms with Gasteiger partial charge in [0.05, 0.1) is 7.11 Å². The van der Waals surface area contributed by atoms with Crippen LogP contribution in [-0.4, -0.2) is 48.7 Å². The molecule has 0 saturated carbocycles. The van der Waals surface area contributed by atoms with Crippen molar-refractivity contribution >= 4 is 5.97 Å². The lowest BCUT2D eigenvalue weighted by Gasteiger charge is -2.40. The van der Waals surface area contributed by atoms with E-state index in [2.05, 4.69) is 24.1 Å². The maximum atomic E-state index is 12.0. The maximum Gasteiger partial charge on any atom is 0.325 e. The first-order chi connectivity index (χ1) is 8.94. The van der Waals surface area contributed by atoms with E-state index in [0.29, 0.717) is 12.1 Å². The van der Waals surface area contributed by atoms with Crippen molar-refractivity contribution in [2.45, 2.75) is 71.0 Å². The summed E-state index contributed by atoms with van der Waals surface area (Å²) >= 11 is 0. The number of methoxy groups -OCH3 is 1. The minimum Gasteiger partial charge on any atom is -0.468 e. The molecule has 1 fully saturated rings. The Morgan fingerprint density at radius 3 is 2.42 bits per heavy atom. The van der Waals surface area contributed by atoms with Crippen molar-refractivity contribution in [1.29, 1.82) is 0 Å². The second-order valence-electron chi connectivity index (χ2n) is 5.97. The van der Waals surface area contributed by atoms with Crippen molar-refractivity contribution in [2.75, 3.05) is 20.2 Å². The molecule has 19 heavy (non-hydrogen) atoms. The van der Waals surface area contributed by atoms with Crippen molar-refractivity contribution in [2.24, 2.45) is 0 Å². The molecule has 4 heteroatoms. The molecule has 1 rings (SSSR count). The number of hydrogen-bond acceptors (Lipinski definition) is 4. The van der Waals surface area contributed by atoms with E-state index >= 15 is 0 Å². The van der Waals surface area contributed by atoms with Crippen LogP contribution in [0.5, 0.6) is 0 Å². The van der Waals surface area contributed by atoms with Crippen LogP contribution in [0.1, 0.15) is 53.4 Å². The van der Waals surface area contributed by atoms with E-state index < -0.39 is 5.54 Å². The molecule has 0 aromatic carbocycles. The fraction of sp³-hybridized carbons (Fsp3) is 0.933. The molecule has 0 aliphatic carbocycles. The third-order valence-electron chi connectivity index (χ3n) is 4.45. The summed E-state index contributed by atoms with van der Waals surface area (Å²) in [6.07, 6.45) is 4.64. The monoisotopic (exact) mass is 270 g/mol. The summed E-state index contributed by atoms with van der Waals surface area (Å²) in [6, 6.07) is 1.24. The van der Waals surface area contributed by atoms with E-state index in [1.54, 1.807) is 0 Å². The Kier molecular flexibility index (Phi) is 6.27. The first-order valence-corrected chi connectivity index (χ1v) is 7.53. The predicted octanol–water partition coefficient (Wildman–Crippen LogP) is 2.18. The van der Waals surface area contributed by atoms with Crippen molar-refractivity contribution in [3.05, 3.63) is 0 Å². The summed E-state index contributed by atoms with van der Waals surface area (Å²) in [4.78, 5) is 14.5. The zero-order valence-corrected chi connectivity index (χ0v) is 13.2.